The van der Waals surface area contributed by atoms with Gasteiger partial charge in [-0.2, -0.15) is 0 Å². The van der Waals surface area contributed by atoms with Crippen molar-refractivity contribution in [3.63, 3.8) is 0 Å². The van der Waals surface area contributed by atoms with Crippen LogP contribution < -0.4 is 4.74 Å². The Morgan fingerprint density at radius 1 is 1.33 bits per heavy atom. The summed E-state index contributed by atoms with van der Waals surface area (Å²) in [5.41, 5.74) is 0.185. The second-order valence-corrected chi connectivity index (χ2v) is 5.17. The first-order valence-corrected chi connectivity index (χ1v) is 5.51. The second kappa shape index (κ2) is 3.55. The van der Waals surface area contributed by atoms with Gasteiger partial charge in [0.1, 0.15) is 11.4 Å². The van der Waals surface area contributed by atoms with Gasteiger partial charge in [-0.05, 0) is 26.0 Å². The van der Waals surface area contributed by atoms with Crippen LogP contribution in [0.25, 0.3) is 0 Å². The smallest absolute Gasteiger partial charge is 0.146 e. The quantitative estimate of drug-likeness (QED) is 0.759. The van der Waals surface area contributed by atoms with Crippen LogP contribution in [-0.2, 0) is 0 Å². The van der Waals surface area contributed by atoms with Crippen molar-refractivity contribution in [2.75, 3.05) is 0 Å². The Kier molecular flexibility index (Phi) is 2.61. The predicted molar refractivity (Wildman–Crippen MR) is 60.7 cm³/mol. The lowest BCUT2D eigenvalue weighted by Gasteiger charge is -2.36. The number of hydrogen-bond acceptors (Lipinski definition) is 2. The van der Waals surface area contributed by atoms with Gasteiger partial charge in [-0.15, -0.1) is 0 Å². The van der Waals surface area contributed by atoms with Crippen LogP contribution in [0.4, 0.5) is 0 Å². The molecule has 0 saturated carbocycles. The third-order valence-electron chi connectivity index (χ3n) is 2.49. The minimum atomic E-state index is -0.616. The van der Waals surface area contributed by atoms with Crippen molar-refractivity contribution >= 4 is 23.2 Å². The van der Waals surface area contributed by atoms with Crippen LogP contribution in [0.3, 0.4) is 0 Å². The molecular formula is C11H12Cl2O2. The molecule has 0 amide bonds. The van der Waals surface area contributed by atoms with Crippen molar-refractivity contribution in [1.82, 2.24) is 0 Å². The molecule has 1 atom stereocenters. The maximum absolute atomic E-state index is 9.98. The standard InChI is InChI=1S/C11H12Cl2O2/c1-11(2)5-8(14)9-6(12)3-4-7(13)10(9)15-11/h3-4,8,14H,5H2,1-2H3. The molecule has 82 valence electrons. The van der Waals surface area contributed by atoms with Gasteiger partial charge in [-0.3, -0.25) is 0 Å². The number of fused-ring (bicyclic) bond motifs is 1. The molecule has 0 spiro atoms. The number of rotatable bonds is 0. The molecule has 0 saturated heterocycles. The van der Waals surface area contributed by atoms with Crippen molar-refractivity contribution in [2.24, 2.45) is 0 Å². The summed E-state index contributed by atoms with van der Waals surface area (Å²) in [6.07, 6.45) is -0.102. The second-order valence-electron chi connectivity index (χ2n) is 4.35. The van der Waals surface area contributed by atoms with Gasteiger partial charge < -0.3 is 9.84 Å². The number of hydrogen-bond donors (Lipinski definition) is 1. The van der Waals surface area contributed by atoms with E-state index in [9.17, 15) is 5.11 Å². The average molecular weight is 247 g/mol. The van der Waals surface area contributed by atoms with Gasteiger partial charge in [0.25, 0.3) is 0 Å². The van der Waals surface area contributed by atoms with Crippen molar-refractivity contribution in [3.05, 3.63) is 27.7 Å². The molecular weight excluding hydrogens is 235 g/mol. The summed E-state index contributed by atoms with van der Waals surface area (Å²) in [4.78, 5) is 0. The largest absolute Gasteiger partial charge is 0.486 e. The molecule has 0 radical (unpaired) electrons. The molecule has 0 aromatic heterocycles. The van der Waals surface area contributed by atoms with Crippen molar-refractivity contribution in [3.8, 4) is 5.75 Å². The van der Waals surface area contributed by atoms with E-state index in [0.29, 0.717) is 27.8 Å². The van der Waals surface area contributed by atoms with Crippen LogP contribution in [0.15, 0.2) is 12.1 Å². The molecule has 1 aromatic rings. The summed E-state index contributed by atoms with van der Waals surface area (Å²) >= 11 is 12.0. The maximum atomic E-state index is 9.98. The topological polar surface area (TPSA) is 29.5 Å². The first-order valence-electron chi connectivity index (χ1n) is 4.76. The number of ether oxygens (including phenoxy) is 1. The van der Waals surface area contributed by atoms with Crippen LogP contribution >= 0.6 is 23.2 Å². The Morgan fingerprint density at radius 3 is 2.60 bits per heavy atom. The van der Waals surface area contributed by atoms with E-state index >= 15 is 0 Å². The fourth-order valence-corrected chi connectivity index (χ4v) is 2.33. The summed E-state index contributed by atoms with van der Waals surface area (Å²) in [5, 5.41) is 11.0. The van der Waals surface area contributed by atoms with Gasteiger partial charge in [-0.25, -0.2) is 0 Å². The van der Waals surface area contributed by atoms with Crippen LogP contribution in [-0.4, -0.2) is 10.7 Å². The first kappa shape index (κ1) is 11.1. The van der Waals surface area contributed by atoms with E-state index < -0.39 is 11.7 Å². The third kappa shape index (κ3) is 1.94. The van der Waals surface area contributed by atoms with Crippen molar-refractivity contribution < 1.29 is 9.84 Å². The molecule has 1 aliphatic heterocycles. The highest BCUT2D eigenvalue weighted by Gasteiger charge is 2.35. The summed E-state index contributed by atoms with van der Waals surface area (Å²) in [7, 11) is 0. The minimum absolute atomic E-state index is 0.416. The average Bonchev–Trinajstić information content (AvgIpc) is 2.09. The summed E-state index contributed by atoms with van der Waals surface area (Å²) < 4.78 is 5.72. The summed E-state index contributed by atoms with van der Waals surface area (Å²) in [5.74, 6) is 0.507. The van der Waals surface area contributed by atoms with Crippen molar-refractivity contribution in [1.29, 1.82) is 0 Å². The van der Waals surface area contributed by atoms with Gasteiger partial charge in [0.15, 0.2) is 0 Å². The highest BCUT2D eigenvalue weighted by Crippen LogP contribution is 2.46. The minimum Gasteiger partial charge on any atom is -0.486 e. The Morgan fingerprint density at radius 2 is 1.93 bits per heavy atom. The first-order chi connectivity index (χ1) is 6.91. The zero-order chi connectivity index (χ0) is 11.2. The van der Waals surface area contributed by atoms with Gasteiger partial charge in [-0.1, -0.05) is 23.2 Å². The molecule has 1 N–H and O–H groups in total. The highest BCUT2D eigenvalue weighted by molar-refractivity contribution is 6.35. The molecule has 2 nitrogen and oxygen atoms in total. The number of benzene rings is 1. The lowest BCUT2D eigenvalue weighted by molar-refractivity contribution is 0.0117. The number of aliphatic hydroxyl groups is 1. The van der Waals surface area contributed by atoms with E-state index in [1.165, 1.54) is 0 Å². The predicted octanol–water partition coefficient (Wildman–Crippen LogP) is 3.59. The monoisotopic (exact) mass is 246 g/mol. The van der Waals surface area contributed by atoms with E-state index in [0.717, 1.165) is 0 Å². The molecule has 2 rings (SSSR count). The van der Waals surface area contributed by atoms with E-state index in [2.05, 4.69) is 0 Å². The van der Waals surface area contributed by atoms with E-state index in [1.54, 1.807) is 12.1 Å². The molecule has 1 heterocycles. The molecule has 15 heavy (non-hydrogen) atoms. The molecule has 1 aliphatic rings. The van der Waals surface area contributed by atoms with Gasteiger partial charge in [0.2, 0.25) is 0 Å². The van der Waals surface area contributed by atoms with Gasteiger partial charge in [0, 0.05) is 12.0 Å². The Bertz CT molecular complexity index is 402. The number of halogens is 2. The Hall–Kier alpha value is -0.440. The molecule has 0 aliphatic carbocycles. The molecule has 0 fully saturated rings. The summed E-state index contributed by atoms with van der Waals surface area (Å²) in [6, 6.07) is 3.35. The number of aliphatic hydroxyl groups excluding tert-OH is 1. The normalized spacial score (nSPS) is 23.1. The molecule has 1 aromatic carbocycles. The third-order valence-corrected chi connectivity index (χ3v) is 3.12. The lowest BCUT2D eigenvalue weighted by Crippen LogP contribution is -2.35. The van der Waals surface area contributed by atoms with Crippen LogP contribution in [0.2, 0.25) is 10.0 Å². The van der Waals surface area contributed by atoms with E-state index in [-0.39, 0.29) is 0 Å². The Balaban J connectivity index is 2.59. The van der Waals surface area contributed by atoms with Gasteiger partial charge in [0.05, 0.1) is 16.1 Å². The van der Waals surface area contributed by atoms with Gasteiger partial charge >= 0.3 is 0 Å². The SMILES string of the molecule is CC1(C)CC(O)c2c(Cl)ccc(Cl)c2O1. The molecule has 0 bridgehead atoms. The highest BCUT2D eigenvalue weighted by atomic mass is 35.5. The zero-order valence-electron chi connectivity index (χ0n) is 8.55. The molecule has 4 heteroatoms. The van der Waals surface area contributed by atoms with E-state index in [4.69, 9.17) is 27.9 Å². The lowest BCUT2D eigenvalue weighted by atomic mass is 9.92. The fourth-order valence-electron chi connectivity index (χ4n) is 1.85. The van der Waals surface area contributed by atoms with Crippen LogP contribution in [0.1, 0.15) is 31.9 Å². The fraction of sp³-hybridized carbons (Fsp3) is 0.455. The van der Waals surface area contributed by atoms with Crippen LogP contribution in [0, 0.1) is 0 Å². The molecule has 1 unspecified atom stereocenters. The van der Waals surface area contributed by atoms with E-state index in [1.807, 2.05) is 13.8 Å². The Labute approximate surface area is 98.8 Å². The summed E-state index contributed by atoms with van der Waals surface area (Å²) in [6.45, 7) is 3.83. The van der Waals surface area contributed by atoms with Crippen LogP contribution in [0.5, 0.6) is 5.75 Å². The maximum Gasteiger partial charge on any atom is 0.146 e. The zero-order valence-corrected chi connectivity index (χ0v) is 10.1. The van der Waals surface area contributed by atoms with Crippen molar-refractivity contribution in [2.45, 2.75) is 32.0 Å².